The van der Waals surface area contributed by atoms with Crippen LogP contribution in [0.25, 0.3) is 0 Å². The molecule has 1 aromatic rings. The normalized spacial score (nSPS) is 24.4. The molecule has 0 spiro atoms. The molecule has 1 aromatic carbocycles. The molecule has 1 fully saturated rings. The number of ether oxygens (including phenoxy) is 2. The highest BCUT2D eigenvalue weighted by molar-refractivity contribution is 9.10. The van der Waals surface area contributed by atoms with Gasteiger partial charge >= 0.3 is 5.97 Å². The van der Waals surface area contributed by atoms with Gasteiger partial charge in [-0.2, -0.15) is 0 Å². The lowest BCUT2D eigenvalue weighted by molar-refractivity contribution is -0.158. The van der Waals surface area contributed by atoms with Gasteiger partial charge in [-0.25, -0.2) is 4.79 Å². The van der Waals surface area contributed by atoms with Crippen LogP contribution in [-0.4, -0.2) is 30.3 Å². The first kappa shape index (κ1) is 16.3. The van der Waals surface area contributed by atoms with Crippen LogP contribution in [0, 0.1) is 0 Å². The van der Waals surface area contributed by atoms with E-state index in [0.717, 1.165) is 10.2 Å². The fourth-order valence-corrected chi connectivity index (χ4v) is 3.17. The minimum Gasteiger partial charge on any atom is -0.464 e. The number of hydrogen-bond donors (Lipinski definition) is 1. The topological polar surface area (TPSA) is 47.6 Å². The second kappa shape index (κ2) is 6.36. The van der Waals surface area contributed by atoms with Crippen LogP contribution in [0.4, 0.5) is 5.69 Å². The number of benzene rings is 1. The largest absolute Gasteiger partial charge is 0.464 e. The third-order valence-electron chi connectivity index (χ3n) is 3.66. The summed E-state index contributed by atoms with van der Waals surface area (Å²) in [6, 6.07) is 7.79. The number of rotatable bonds is 4. The average molecular weight is 356 g/mol. The molecule has 1 saturated heterocycles. The molecule has 2 rings (SSSR count). The van der Waals surface area contributed by atoms with Crippen molar-refractivity contribution < 1.29 is 14.3 Å². The SMILES string of the molecule is CCOC(=O)C1(Nc2ccccc2Br)CCOC(C)(C)C1. The maximum atomic E-state index is 12.6. The van der Waals surface area contributed by atoms with Crippen LogP contribution in [0.3, 0.4) is 0 Å². The quantitative estimate of drug-likeness (QED) is 0.835. The first-order valence-corrected chi connectivity index (χ1v) is 8.02. The van der Waals surface area contributed by atoms with Gasteiger partial charge in [0.1, 0.15) is 5.54 Å². The first-order valence-electron chi connectivity index (χ1n) is 7.22. The van der Waals surface area contributed by atoms with Crippen LogP contribution in [0.5, 0.6) is 0 Å². The summed E-state index contributed by atoms with van der Waals surface area (Å²) >= 11 is 3.52. The van der Waals surface area contributed by atoms with Crippen LogP contribution in [-0.2, 0) is 14.3 Å². The number of carbonyl (C=O) groups is 1. The summed E-state index contributed by atoms with van der Waals surface area (Å²) < 4.78 is 12.0. The van der Waals surface area contributed by atoms with Crippen LogP contribution in [0.15, 0.2) is 28.7 Å². The van der Waals surface area contributed by atoms with Crippen molar-refractivity contribution in [2.45, 2.75) is 44.8 Å². The van der Waals surface area contributed by atoms with Crippen LogP contribution < -0.4 is 5.32 Å². The Kier molecular flexibility index (Phi) is 4.94. The van der Waals surface area contributed by atoms with E-state index in [1.165, 1.54) is 0 Å². The molecular formula is C16H22BrNO3. The third kappa shape index (κ3) is 3.77. The Morgan fingerprint density at radius 3 is 2.76 bits per heavy atom. The first-order chi connectivity index (χ1) is 9.88. The maximum absolute atomic E-state index is 12.6. The molecular weight excluding hydrogens is 334 g/mol. The van der Waals surface area contributed by atoms with E-state index in [1.54, 1.807) is 0 Å². The minimum absolute atomic E-state index is 0.211. The molecule has 1 heterocycles. The monoisotopic (exact) mass is 355 g/mol. The van der Waals surface area contributed by atoms with Gasteiger partial charge in [0.25, 0.3) is 0 Å². The average Bonchev–Trinajstić information content (AvgIpc) is 2.40. The maximum Gasteiger partial charge on any atom is 0.331 e. The molecule has 0 radical (unpaired) electrons. The fraction of sp³-hybridized carbons (Fsp3) is 0.562. The van der Waals surface area contributed by atoms with E-state index in [0.29, 0.717) is 26.1 Å². The summed E-state index contributed by atoms with van der Waals surface area (Å²) in [6.45, 7) is 6.74. The molecule has 0 amide bonds. The molecule has 1 atom stereocenters. The molecule has 21 heavy (non-hydrogen) atoms. The van der Waals surface area contributed by atoms with Gasteiger partial charge < -0.3 is 14.8 Å². The van der Waals surface area contributed by atoms with Crippen molar-refractivity contribution in [3.05, 3.63) is 28.7 Å². The Bertz CT molecular complexity index is 518. The predicted molar refractivity (Wildman–Crippen MR) is 86.4 cm³/mol. The molecule has 0 aromatic heterocycles. The van der Waals surface area contributed by atoms with Gasteiger partial charge in [0.05, 0.1) is 18.8 Å². The van der Waals surface area contributed by atoms with Gasteiger partial charge in [-0.1, -0.05) is 12.1 Å². The van der Waals surface area contributed by atoms with Crippen molar-refractivity contribution in [1.82, 2.24) is 0 Å². The molecule has 0 saturated carbocycles. The summed E-state index contributed by atoms with van der Waals surface area (Å²) in [4.78, 5) is 12.6. The number of nitrogens with one attached hydrogen (secondary N) is 1. The lowest BCUT2D eigenvalue weighted by Crippen LogP contribution is -2.56. The molecule has 4 nitrogen and oxygen atoms in total. The minimum atomic E-state index is -0.748. The van der Waals surface area contributed by atoms with Crippen molar-refractivity contribution in [1.29, 1.82) is 0 Å². The van der Waals surface area contributed by atoms with Crippen LogP contribution in [0.2, 0.25) is 0 Å². The summed E-state index contributed by atoms with van der Waals surface area (Å²) in [5, 5.41) is 3.40. The highest BCUT2D eigenvalue weighted by Gasteiger charge is 2.47. The second-order valence-electron chi connectivity index (χ2n) is 5.94. The van der Waals surface area contributed by atoms with Gasteiger partial charge in [0, 0.05) is 23.0 Å². The zero-order valence-electron chi connectivity index (χ0n) is 12.7. The molecule has 1 N–H and O–H groups in total. The lowest BCUT2D eigenvalue weighted by Gasteiger charge is -2.44. The van der Waals surface area contributed by atoms with Crippen LogP contribution >= 0.6 is 15.9 Å². The van der Waals surface area contributed by atoms with Crippen molar-refractivity contribution >= 4 is 27.6 Å². The van der Waals surface area contributed by atoms with E-state index in [4.69, 9.17) is 9.47 Å². The Balaban J connectivity index is 2.32. The van der Waals surface area contributed by atoms with E-state index in [2.05, 4.69) is 21.2 Å². The van der Waals surface area contributed by atoms with E-state index >= 15 is 0 Å². The lowest BCUT2D eigenvalue weighted by atomic mass is 9.81. The van der Waals surface area contributed by atoms with Gasteiger partial charge in [-0.3, -0.25) is 0 Å². The standard InChI is InChI=1S/C16H22BrNO3/c1-4-20-14(19)16(9-10-21-15(2,3)11-16)18-13-8-6-5-7-12(13)17/h5-8,18H,4,9-11H2,1-3H3. The number of esters is 1. The number of hydrogen-bond acceptors (Lipinski definition) is 4. The highest BCUT2D eigenvalue weighted by Crippen LogP contribution is 2.37. The summed E-state index contributed by atoms with van der Waals surface area (Å²) in [5.74, 6) is -0.211. The van der Waals surface area contributed by atoms with Crippen molar-refractivity contribution in [2.24, 2.45) is 0 Å². The van der Waals surface area contributed by atoms with Gasteiger partial charge in [-0.05, 0) is 48.8 Å². The highest BCUT2D eigenvalue weighted by atomic mass is 79.9. The zero-order chi connectivity index (χ0) is 15.5. The van der Waals surface area contributed by atoms with Gasteiger partial charge in [0.2, 0.25) is 0 Å². The van der Waals surface area contributed by atoms with Crippen molar-refractivity contribution in [3.63, 3.8) is 0 Å². The Hall–Kier alpha value is -1.07. The number of para-hydroxylation sites is 1. The predicted octanol–water partition coefficient (Wildman–Crippen LogP) is 3.75. The summed E-state index contributed by atoms with van der Waals surface area (Å²) in [7, 11) is 0. The summed E-state index contributed by atoms with van der Waals surface area (Å²) in [5.41, 5.74) is -0.218. The third-order valence-corrected chi connectivity index (χ3v) is 4.35. The van der Waals surface area contributed by atoms with E-state index < -0.39 is 5.54 Å². The van der Waals surface area contributed by atoms with E-state index in [-0.39, 0.29) is 11.6 Å². The van der Waals surface area contributed by atoms with Crippen molar-refractivity contribution in [2.75, 3.05) is 18.5 Å². The zero-order valence-corrected chi connectivity index (χ0v) is 14.3. The van der Waals surface area contributed by atoms with E-state index in [1.807, 2.05) is 45.0 Å². The van der Waals surface area contributed by atoms with Gasteiger partial charge in [-0.15, -0.1) is 0 Å². The fourth-order valence-electron chi connectivity index (χ4n) is 2.79. The molecule has 0 bridgehead atoms. The second-order valence-corrected chi connectivity index (χ2v) is 6.80. The molecule has 1 unspecified atom stereocenters. The van der Waals surface area contributed by atoms with E-state index in [9.17, 15) is 4.79 Å². The molecule has 1 aliphatic rings. The molecule has 1 aliphatic heterocycles. The molecule has 0 aliphatic carbocycles. The van der Waals surface area contributed by atoms with Crippen LogP contribution in [0.1, 0.15) is 33.6 Å². The smallest absolute Gasteiger partial charge is 0.331 e. The summed E-state index contributed by atoms with van der Waals surface area (Å²) in [6.07, 6.45) is 1.16. The Labute approximate surface area is 134 Å². The Morgan fingerprint density at radius 2 is 2.14 bits per heavy atom. The Morgan fingerprint density at radius 1 is 1.43 bits per heavy atom. The molecule has 5 heteroatoms. The number of halogens is 1. The number of anilines is 1. The number of carbonyl (C=O) groups excluding carboxylic acids is 1. The molecule has 116 valence electrons. The van der Waals surface area contributed by atoms with Crippen molar-refractivity contribution in [3.8, 4) is 0 Å². The van der Waals surface area contributed by atoms with Gasteiger partial charge in [0.15, 0.2) is 0 Å².